The Kier molecular flexibility index (Phi) is 6.73. The van der Waals surface area contributed by atoms with Gasteiger partial charge in [-0.3, -0.25) is 0 Å². The summed E-state index contributed by atoms with van der Waals surface area (Å²) in [6, 6.07) is 8.38. The monoisotopic (exact) mass is 300 g/mol. The van der Waals surface area contributed by atoms with Gasteiger partial charge in [0.05, 0.1) is 6.10 Å². The van der Waals surface area contributed by atoms with Crippen molar-refractivity contribution in [3.05, 3.63) is 34.3 Å². The first kappa shape index (κ1) is 14.6. The fourth-order valence-corrected chi connectivity index (χ4v) is 2.17. The van der Waals surface area contributed by atoms with Gasteiger partial charge in [-0.05, 0) is 31.2 Å². The van der Waals surface area contributed by atoms with Crippen molar-refractivity contribution in [3.8, 4) is 0 Å². The second-order valence-corrected chi connectivity index (χ2v) is 5.17. The molecule has 0 aromatic heterocycles. The van der Waals surface area contributed by atoms with Crippen molar-refractivity contribution in [2.45, 2.75) is 19.1 Å². The van der Waals surface area contributed by atoms with E-state index in [4.69, 9.17) is 10.5 Å². The number of rotatable bonds is 7. The molecule has 1 rings (SSSR count). The molecule has 1 unspecified atom stereocenters. The maximum absolute atomic E-state index is 5.59. The number of methoxy groups -OCH3 is 1. The molecule has 0 saturated heterocycles. The maximum atomic E-state index is 5.59. The molecule has 0 heterocycles. The molecule has 3 nitrogen and oxygen atoms in total. The Balaban J connectivity index is 2.36. The molecule has 1 aromatic rings. The lowest BCUT2D eigenvalue weighted by atomic mass is 10.2. The van der Waals surface area contributed by atoms with Crippen LogP contribution in [-0.4, -0.2) is 38.3 Å². The second-order valence-electron chi connectivity index (χ2n) is 4.25. The van der Waals surface area contributed by atoms with E-state index in [0.717, 1.165) is 24.0 Å². The highest BCUT2D eigenvalue weighted by Crippen LogP contribution is 2.13. The lowest BCUT2D eigenvalue weighted by molar-refractivity contribution is 0.0919. The molecule has 0 fully saturated rings. The fourth-order valence-electron chi connectivity index (χ4n) is 1.72. The van der Waals surface area contributed by atoms with Crippen LogP contribution in [0.15, 0.2) is 28.7 Å². The minimum Gasteiger partial charge on any atom is -0.380 e. The second kappa shape index (κ2) is 7.82. The summed E-state index contributed by atoms with van der Waals surface area (Å²) in [7, 11) is 3.83. The van der Waals surface area contributed by atoms with E-state index in [-0.39, 0.29) is 6.10 Å². The molecular formula is C13H21BrN2O. The number of benzene rings is 1. The summed E-state index contributed by atoms with van der Waals surface area (Å²) in [5, 5.41) is 0. The van der Waals surface area contributed by atoms with E-state index in [9.17, 15) is 0 Å². The molecule has 2 N–H and O–H groups in total. The molecule has 4 heteroatoms. The highest BCUT2D eigenvalue weighted by molar-refractivity contribution is 9.10. The van der Waals surface area contributed by atoms with Crippen molar-refractivity contribution in [3.63, 3.8) is 0 Å². The number of nitrogens with zero attached hydrogens (tertiary/aromatic N) is 1. The molecule has 0 amide bonds. The quantitative estimate of drug-likeness (QED) is 0.839. The zero-order valence-electron chi connectivity index (χ0n) is 10.5. The molecule has 0 bridgehead atoms. The Hall–Kier alpha value is -0.420. The topological polar surface area (TPSA) is 38.5 Å². The maximum Gasteiger partial charge on any atom is 0.0705 e. The Morgan fingerprint density at radius 3 is 2.82 bits per heavy atom. The van der Waals surface area contributed by atoms with Crippen LogP contribution >= 0.6 is 15.9 Å². The van der Waals surface area contributed by atoms with Crippen molar-refractivity contribution >= 4 is 15.9 Å². The number of hydrogen-bond acceptors (Lipinski definition) is 3. The predicted molar refractivity (Wildman–Crippen MR) is 74.9 cm³/mol. The minimum atomic E-state index is 0.167. The van der Waals surface area contributed by atoms with Crippen LogP contribution in [0, 0.1) is 0 Å². The normalized spacial score (nSPS) is 13.0. The zero-order chi connectivity index (χ0) is 12.7. The van der Waals surface area contributed by atoms with Gasteiger partial charge in [0.25, 0.3) is 0 Å². The van der Waals surface area contributed by atoms with Crippen molar-refractivity contribution in [2.24, 2.45) is 5.73 Å². The lowest BCUT2D eigenvalue weighted by Gasteiger charge is -2.20. The zero-order valence-corrected chi connectivity index (χ0v) is 12.1. The van der Waals surface area contributed by atoms with E-state index in [2.05, 4.69) is 46.1 Å². The standard InChI is InChI=1S/C13H21BrN2O/c1-16(7-6-13(9-15)17-2)10-11-4-3-5-12(14)8-11/h3-5,8,13H,6-7,9-10,15H2,1-2H3. The van der Waals surface area contributed by atoms with Crippen molar-refractivity contribution in [1.29, 1.82) is 0 Å². The summed E-state index contributed by atoms with van der Waals surface area (Å²) in [6.07, 6.45) is 1.14. The van der Waals surface area contributed by atoms with Crippen LogP contribution in [0.4, 0.5) is 0 Å². The van der Waals surface area contributed by atoms with Gasteiger partial charge in [-0.25, -0.2) is 0 Å². The summed E-state index contributed by atoms with van der Waals surface area (Å²) in [5.74, 6) is 0. The predicted octanol–water partition coefficient (Wildman–Crippen LogP) is 2.24. The van der Waals surface area contributed by atoms with Gasteiger partial charge in [0.15, 0.2) is 0 Å². The molecule has 0 aliphatic heterocycles. The molecule has 96 valence electrons. The highest BCUT2D eigenvalue weighted by Gasteiger charge is 2.07. The summed E-state index contributed by atoms with van der Waals surface area (Å²) >= 11 is 3.48. The van der Waals surface area contributed by atoms with Crippen molar-refractivity contribution in [2.75, 3.05) is 27.2 Å². The van der Waals surface area contributed by atoms with Crippen LogP contribution in [0.1, 0.15) is 12.0 Å². The summed E-state index contributed by atoms with van der Waals surface area (Å²) < 4.78 is 6.39. The fraction of sp³-hybridized carbons (Fsp3) is 0.538. The third-order valence-corrected chi connectivity index (χ3v) is 3.26. The first-order chi connectivity index (χ1) is 8.15. The lowest BCUT2D eigenvalue weighted by Crippen LogP contribution is -2.28. The van der Waals surface area contributed by atoms with E-state index in [0.29, 0.717) is 6.54 Å². The van der Waals surface area contributed by atoms with E-state index < -0.39 is 0 Å². The van der Waals surface area contributed by atoms with Crippen molar-refractivity contribution < 1.29 is 4.74 Å². The molecule has 0 spiro atoms. The largest absolute Gasteiger partial charge is 0.380 e. The Morgan fingerprint density at radius 2 is 2.24 bits per heavy atom. The molecule has 0 aliphatic rings. The minimum absolute atomic E-state index is 0.167. The molecule has 0 saturated carbocycles. The van der Waals surface area contributed by atoms with Gasteiger partial charge in [0.1, 0.15) is 0 Å². The average Bonchev–Trinajstić information content (AvgIpc) is 2.30. The Bertz CT molecular complexity index is 329. The van der Waals surface area contributed by atoms with Gasteiger partial charge in [-0.1, -0.05) is 28.1 Å². The molecule has 1 atom stereocenters. The molecule has 1 aromatic carbocycles. The third kappa shape index (κ3) is 5.64. The van der Waals surface area contributed by atoms with Crippen LogP contribution in [0.2, 0.25) is 0 Å². The van der Waals surface area contributed by atoms with Crippen molar-refractivity contribution in [1.82, 2.24) is 4.90 Å². The number of ether oxygens (including phenoxy) is 1. The molecule has 0 aliphatic carbocycles. The van der Waals surface area contributed by atoms with E-state index in [1.54, 1.807) is 7.11 Å². The number of nitrogens with two attached hydrogens (primary N) is 1. The van der Waals surface area contributed by atoms with Crippen LogP contribution < -0.4 is 5.73 Å². The number of halogens is 1. The summed E-state index contributed by atoms with van der Waals surface area (Å²) in [4.78, 5) is 2.28. The molecule has 0 radical (unpaired) electrons. The van der Waals surface area contributed by atoms with Gasteiger partial charge >= 0.3 is 0 Å². The first-order valence-corrected chi connectivity index (χ1v) is 6.61. The van der Waals surface area contributed by atoms with Gasteiger partial charge in [-0.15, -0.1) is 0 Å². The van der Waals surface area contributed by atoms with Crippen LogP contribution in [-0.2, 0) is 11.3 Å². The van der Waals surface area contributed by atoms with Crippen LogP contribution in [0.5, 0.6) is 0 Å². The Labute approximate surface area is 112 Å². The SMILES string of the molecule is COC(CN)CCN(C)Cc1cccc(Br)c1. The van der Waals surface area contributed by atoms with E-state index in [1.807, 2.05) is 6.07 Å². The summed E-state index contributed by atoms with van der Waals surface area (Å²) in [6.45, 7) is 2.52. The van der Waals surface area contributed by atoms with E-state index in [1.165, 1.54) is 5.56 Å². The third-order valence-electron chi connectivity index (χ3n) is 2.77. The van der Waals surface area contributed by atoms with Gasteiger partial charge in [0.2, 0.25) is 0 Å². The van der Waals surface area contributed by atoms with Crippen LogP contribution in [0.3, 0.4) is 0 Å². The number of hydrogen-bond donors (Lipinski definition) is 1. The van der Waals surface area contributed by atoms with E-state index >= 15 is 0 Å². The average molecular weight is 301 g/mol. The van der Waals surface area contributed by atoms with Crippen LogP contribution in [0.25, 0.3) is 0 Å². The van der Waals surface area contributed by atoms with Gasteiger partial charge in [-0.2, -0.15) is 0 Å². The smallest absolute Gasteiger partial charge is 0.0705 e. The first-order valence-electron chi connectivity index (χ1n) is 5.81. The van der Waals surface area contributed by atoms with Gasteiger partial charge in [0, 0.05) is 31.2 Å². The molecule has 17 heavy (non-hydrogen) atoms. The highest BCUT2D eigenvalue weighted by atomic mass is 79.9. The Morgan fingerprint density at radius 1 is 1.47 bits per heavy atom. The van der Waals surface area contributed by atoms with Gasteiger partial charge < -0.3 is 15.4 Å². The molecular weight excluding hydrogens is 280 g/mol. The summed E-state index contributed by atoms with van der Waals surface area (Å²) in [5.41, 5.74) is 6.90.